The maximum atomic E-state index is 12.2. The third-order valence-electron chi connectivity index (χ3n) is 4.25. The molecule has 2 N–H and O–H groups in total. The lowest BCUT2D eigenvalue weighted by Crippen LogP contribution is -2.25. The summed E-state index contributed by atoms with van der Waals surface area (Å²) in [5.74, 6) is 0.890. The van der Waals surface area contributed by atoms with Crippen LogP contribution in [0.4, 0.5) is 21.9 Å². The minimum atomic E-state index is -0.336. The molecular weight excluding hydrogens is 330 g/mol. The first-order valence-corrected chi connectivity index (χ1v) is 8.78. The highest BCUT2D eigenvalue weighted by atomic mass is 16.5. The van der Waals surface area contributed by atoms with E-state index in [1.165, 1.54) is 0 Å². The summed E-state index contributed by atoms with van der Waals surface area (Å²) >= 11 is 0. The maximum Gasteiger partial charge on any atom is 0.323 e. The number of benzene rings is 2. The van der Waals surface area contributed by atoms with Crippen LogP contribution in [-0.4, -0.2) is 25.1 Å². The van der Waals surface area contributed by atoms with Crippen LogP contribution < -0.4 is 20.3 Å². The first-order chi connectivity index (χ1) is 12.6. The molecule has 6 heteroatoms. The largest absolute Gasteiger partial charge is 0.494 e. The van der Waals surface area contributed by atoms with E-state index in [9.17, 15) is 9.59 Å². The Bertz CT molecular complexity index is 802. The van der Waals surface area contributed by atoms with Crippen LogP contribution in [0, 0.1) is 6.92 Å². The first-order valence-electron chi connectivity index (χ1n) is 8.78. The van der Waals surface area contributed by atoms with E-state index in [0.717, 1.165) is 30.0 Å². The Kier molecular flexibility index (Phi) is 5.41. The van der Waals surface area contributed by atoms with Crippen LogP contribution in [-0.2, 0) is 4.79 Å². The summed E-state index contributed by atoms with van der Waals surface area (Å²) < 4.78 is 5.38. The molecule has 0 aromatic heterocycles. The number of carbonyl (C=O) groups is 2. The van der Waals surface area contributed by atoms with Gasteiger partial charge in [0.05, 0.1) is 6.61 Å². The number of hydrogen-bond acceptors (Lipinski definition) is 3. The van der Waals surface area contributed by atoms with Crippen molar-refractivity contribution >= 4 is 29.0 Å². The van der Waals surface area contributed by atoms with E-state index >= 15 is 0 Å². The van der Waals surface area contributed by atoms with Crippen molar-refractivity contribution in [2.75, 3.05) is 28.7 Å². The predicted molar refractivity (Wildman–Crippen MR) is 103 cm³/mol. The quantitative estimate of drug-likeness (QED) is 0.848. The van der Waals surface area contributed by atoms with Gasteiger partial charge >= 0.3 is 6.03 Å². The highest BCUT2D eigenvalue weighted by Crippen LogP contribution is 2.28. The van der Waals surface area contributed by atoms with Crippen LogP contribution in [0.5, 0.6) is 5.75 Å². The Morgan fingerprint density at radius 2 is 1.81 bits per heavy atom. The molecule has 2 aromatic carbocycles. The smallest absolute Gasteiger partial charge is 0.323 e. The molecule has 6 nitrogen and oxygen atoms in total. The summed E-state index contributed by atoms with van der Waals surface area (Å²) in [5.41, 5.74) is 3.19. The normalized spacial score (nSPS) is 13.6. The van der Waals surface area contributed by atoms with E-state index in [0.29, 0.717) is 24.4 Å². The van der Waals surface area contributed by atoms with Gasteiger partial charge < -0.3 is 20.3 Å². The van der Waals surface area contributed by atoms with E-state index < -0.39 is 0 Å². The van der Waals surface area contributed by atoms with Crippen LogP contribution in [0.2, 0.25) is 0 Å². The number of aryl methyl sites for hydroxylation is 1. The number of nitrogens with one attached hydrogen (secondary N) is 2. The fraction of sp³-hybridized carbons (Fsp3) is 0.300. The predicted octanol–water partition coefficient (Wildman–Crippen LogP) is 4.16. The lowest BCUT2D eigenvalue weighted by molar-refractivity contribution is -0.117. The lowest BCUT2D eigenvalue weighted by atomic mass is 10.1. The summed E-state index contributed by atoms with van der Waals surface area (Å²) in [6.45, 7) is 5.21. The van der Waals surface area contributed by atoms with Gasteiger partial charge in [-0.1, -0.05) is 6.07 Å². The van der Waals surface area contributed by atoms with Gasteiger partial charge in [-0.05, 0) is 62.2 Å². The second-order valence-electron chi connectivity index (χ2n) is 6.19. The average molecular weight is 353 g/mol. The van der Waals surface area contributed by atoms with Crippen molar-refractivity contribution in [3.05, 3.63) is 48.0 Å². The van der Waals surface area contributed by atoms with Gasteiger partial charge in [-0.25, -0.2) is 4.79 Å². The number of ether oxygens (including phenoxy) is 1. The number of rotatable bonds is 5. The molecule has 0 atom stereocenters. The van der Waals surface area contributed by atoms with Crippen LogP contribution >= 0.6 is 0 Å². The molecular formula is C20H23N3O3. The lowest BCUT2D eigenvalue weighted by Gasteiger charge is -2.19. The fourth-order valence-electron chi connectivity index (χ4n) is 2.98. The number of amides is 3. The molecule has 26 heavy (non-hydrogen) atoms. The van der Waals surface area contributed by atoms with Gasteiger partial charge in [0.2, 0.25) is 5.91 Å². The summed E-state index contributed by atoms with van der Waals surface area (Å²) in [5, 5.41) is 5.60. The molecule has 1 aliphatic heterocycles. The number of hydrogen-bond donors (Lipinski definition) is 2. The Balaban J connectivity index is 1.66. The number of nitrogens with zero attached hydrogens (tertiary/aromatic N) is 1. The van der Waals surface area contributed by atoms with Crippen LogP contribution in [0.3, 0.4) is 0 Å². The Morgan fingerprint density at radius 1 is 1.12 bits per heavy atom. The first kappa shape index (κ1) is 17.8. The van der Waals surface area contributed by atoms with Crippen LogP contribution in [0.1, 0.15) is 25.3 Å². The summed E-state index contributed by atoms with van der Waals surface area (Å²) in [6, 6.07) is 12.4. The van der Waals surface area contributed by atoms with Gasteiger partial charge in [0.1, 0.15) is 5.75 Å². The molecule has 0 saturated carbocycles. The average Bonchev–Trinajstić information content (AvgIpc) is 3.04. The topological polar surface area (TPSA) is 70.7 Å². The third-order valence-corrected chi connectivity index (χ3v) is 4.25. The van der Waals surface area contributed by atoms with Crippen molar-refractivity contribution in [1.82, 2.24) is 0 Å². The molecule has 3 rings (SSSR count). The summed E-state index contributed by atoms with van der Waals surface area (Å²) in [6.07, 6.45) is 1.45. The zero-order valence-corrected chi connectivity index (χ0v) is 15.0. The molecule has 3 amide bonds. The van der Waals surface area contributed by atoms with Crippen molar-refractivity contribution in [1.29, 1.82) is 0 Å². The zero-order valence-electron chi connectivity index (χ0n) is 15.0. The summed E-state index contributed by atoms with van der Waals surface area (Å²) in [7, 11) is 0. The standard InChI is InChI=1S/C20H23N3O3/c1-3-26-17-10-8-15(9-11-17)21-20(25)22-16-7-6-14(2)18(13-16)23-12-4-5-19(23)24/h6-11,13H,3-5,12H2,1-2H3,(H2,21,22,25). The molecule has 0 spiro atoms. The molecule has 0 bridgehead atoms. The van der Waals surface area contributed by atoms with Gasteiger partial charge in [0.15, 0.2) is 0 Å². The fourth-order valence-corrected chi connectivity index (χ4v) is 2.98. The van der Waals surface area contributed by atoms with Crippen molar-refractivity contribution < 1.29 is 14.3 Å². The van der Waals surface area contributed by atoms with E-state index in [4.69, 9.17) is 4.74 Å². The van der Waals surface area contributed by atoms with Crippen molar-refractivity contribution in [3.63, 3.8) is 0 Å². The number of urea groups is 1. The Hall–Kier alpha value is -3.02. The minimum absolute atomic E-state index is 0.129. The molecule has 0 radical (unpaired) electrons. The van der Waals surface area contributed by atoms with Crippen LogP contribution in [0.15, 0.2) is 42.5 Å². The van der Waals surface area contributed by atoms with E-state index in [1.54, 1.807) is 17.0 Å². The SMILES string of the molecule is CCOc1ccc(NC(=O)Nc2ccc(C)c(N3CCCC3=O)c2)cc1. The molecule has 1 saturated heterocycles. The highest BCUT2D eigenvalue weighted by Gasteiger charge is 2.23. The van der Waals surface area contributed by atoms with Crippen molar-refractivity contribution in [2.45, 2.75) is 26.7 Å². The minimum Gasteiger partial charge on any atom is -0.494 e. The number of anilines is 3. The second kappa shape index (κ2) is 7.91. The van der Waals surface area contributed by atoms with Crippen molar-refractivity contribution in [3.8, 4) is 5.75 Å². The van der Waals surface area contributed by atoms with Gasteiger partial charge in [-0.2, -0.15) is 0 Å². The highest BCUT2D eigenvalue weighted by molar-refractivity contribution is 6.01. The second-order valence-corrected chi connectivity index (χ2v) is 6.19. The molecule has 0 unspecified atom stereocenters. The van der Waals surface area contributed by atoms with Crippen LogP contribution in [0.25, 0.3) is 0 Å². The molecule has 1 aliphatic rings. The molecule has 2 aromatic rings. The zero-order chi connectivity index (χ0) is 18.5. The Morgan fingerprint density at radius 3 is 2.46 bits per heavy atom. The van der Waals surface area contributed by atoms with Gasteiger partial charge in [0.25, 0.3) is 0 Å². The number of carbonyl (C=O) groups excluding carboxylic acids is 2. The van der Waals surface area contributed by atoms with Gasteiger partial charge in [-0.15, -0.1) is 0 Å². The molecule has 0 aliphatic carbocycles. The molecule has 1 fully saturated rings. The molecule has 1 heterocycles. The third kappa shape index (κ3) is 4.14. The van der Waals surface area contributed by atoms with Crippen molar-refractivity contribution in [2.24, 2.45) is 0 Å². The molecule has 136 valence electrons. The van der Waals surface area contributed by atoms with Gasteiger partial charge in [-0.3, -0.25) is 4.79 Å². The van der Waals surface area contributed by atoms with E-state index in [-0.39, 0.29) is 11.9 Å². The summed E-state index contributed by atoms with van der Waals surface area (Å²) in [4.78, 5) is 26.0. The maximum absolute atomic E-state index is 12.2. The van der Waals surface area contributed by atoms with E-state index in [1.807, 2.05) is 44.2 Å². The Labute approximate surface area is 153 Å². The van der Waals surface area contributed by atoms with E-state index in [2.05, 4.69) is 10.6 Å². The van der Waals surface area contributed by atoms with Gasteiger partial charge in [0, 0.05) is 30.0 Å². The monoisotopic (exact) mass is 353 g/mol.